The normalized spacial score (nSPS) is 16.0. The van der Waals surface area contributed by atoms with Crippen LogP contribution < -0.4 is 4.90 Å². The standard InChI is InChI=1S/C45H39N/c1-5-9-21-34-22-16-17-23-35(34)32-38(8-4)46(39-26-14-11-15-27-39)40-30-31-42-41-28-18-19-29-43(41)45(44(42)33-40,36(7-3)20-6-2)37-24-12-10-13-25-37/h5-33H,1,4H2,2-3H3/b20-6-,21-9-,36-7+,38-32+. The van der Waals surface area contributed by atoms with Crippen molar-refractivity contribution in [3.8, 4) is 11.1 Å². The van der Waals surface area contributed by atoms with Crippen LogP contribution in [0.2, 0.25) is 0 Å². The molecule has 0 aromatic heterocycles. The zero-order chi connectivity index (χ0) is 31.9. The molecule has 0 aliphatic heterocycles. The highest BCUT2D eigenvalue weighted by Crippen LogP contribution is 2.57. The Balaban J connectivity index is 1.65. The van der Waals surface area contributed by atoms with Crippen LogP contribution in [-0.2, 0) is 5.41 Å². The third-order valence-corrected chi connectivity index (χ3v) is 8.78. The third-order valence-electron chi connectivity index (χ3n) is 8.78. The molecule has 0 fully saturated rings. The van der Waals surface area contributed by atoms with Crippen LogP contribution >= 0.6 is 0 Å². The van der Waals surface area contributed by atoms with Crippen LogP contribution in [0, 0.1) is 0 Å². The molecule has 0 bridgehead atoms. The fourth-order valence-corrected chi connectivity index (χ4v) is 6.86. The summed E-state index contributed by atoms with van der Waals surface area (Å²) in [7, 11) is 0. The van der Waals surface area contributed by atoms with Crippen molar-refractivity contribution in [2.45, 2.75) is 19.3 Å². The number of para-hydroxylation sites is 1. The summed E-state index contributed by atoms with van der Waals surface area (Å²) in [5, 5.41) is 0. The Hall–Kier alpha value is -5.66. The van der Waals surface area contributed by atoms with E-state index in [4.69, 9.17) is 0 Å². The van der Waals surface area contributed by atoms with Gasteiger partial charge in [-0.2, -0.15) is 0 Å². The lowest BCUT2D eigenvalue weighted by molar-refractivity contribution is 0.764. The van der Waals surface area contributed by atoms with E-state index in [-0.39, 0.29) is 0 Å². The van der Waals surface area contributed by atoms with Crippen molar-refractivity contribution in [1.29, 1.82) is 0 Å². The summed E-state index contributed by atoms with van der Waals surface area (Å²) in [6, 6.07) is 45.7. The van der Waals surface area contributed by atoms with Crippen molar-refractivity contribution in [3.63, 3.8) is 0 Å². The zero-order valence-electron chi connectivity index (χ0n) is 26.6. The molecule has 0 amide bonds. The first-order valence-electron chi connectivity index (χ1n) is 15.8. The maximum absolute atomic E-state index is 4.31. The first-order valence-corrected chi connectivity index (χ1v) is 15.8. The van der Waals surface area contributed by atoms with Gasteiger partial charge in [-0.3, -0.25) is 0 Å². The molecule has 1 atom stereocenters. The molecule has 224 valence electrons. The van der Waals surface area contributed by atoms with Crippen LogP contribution in [0.1, 0.15) is 41.7 Å². The Bertz CT molecular complexity index is 1990. The number of anilines is 2. The smallest absolute Gasteiger partial charge is 0.0711 e. The van der Waals surface area contributed by atoms with Crippen molar-refractivity contribution in [2.24, 2.45) is 0 Å². The van der Waals surface area contributed by atoms with Crippen LogP contribution in [0.15, 0.2) is 188 Å². The van der Waals surface area contributed by atoms with Gasteiger partial charge in [0.1, 0.15) is 0 Å². The average molecular weight is 594 g/mol. The lowest BCUT2D eigenvalue weighted by Gasteiger charge is -2.35. The van der Waals surface area contributed by atoms with Crippen molar-refractivity contribution in [1.82, 2.24) is 0 Å². The van der Waals surface area contributed by atoms with Gasteiger partial charge in [-0.15, -0.1) is 0 Å². The highest BCUT2D eigenvalue weighted by Gasteiger charge is 2.46. The molecule has 0 heterocycles. The van der Waals surface area contributed by atoms with Gasteiger partial charge in [0.15, 0.2) is 0 Å². The second-order valence-electron chi connectivity index (χ2n) is 11.3. The van der Waals surface area contributed by atoms with Gasteiger partial charge in [-0.1, -0.05) is 153 Å². The van der Waals surface area contributed by atoms with Crippen LogP contribution in [0.4, 0.5) is 11.4 Å². The van der Waals surface area contributed by atoms with Crippen LogP contribution in [0.25, 0.3) is 23.3 Å². The molecule has 5 aromatic rings. The van der Waals surface area contributed by atoms with E-state index in [9.17, 15) is 0 Å². The van der Waals surface area contributed by atoms with Gasteiger partial charge in [0.2, 0.25) is 0 Å². The molecule has 0 spiro atoms. The quantitative estimate of drug-likeness (QED) is 0.146. The summed E-state index contributed by atoms with van der Waals surface area (Å²) in [6.07, 6.45) is 16.7. The molecule has 46 heavy (non-hydrogen) atoms. The Morgan fingerprint density at radius 3 is 2.00 bits per heavy atom. The van der Waals surface area contributed by atoms with E-state index in [0.29, 0.717) is 0 Å². The Kier molecular flexibility index (Phi) is 8.94. The second kappa shape index (κ2) is 13.5. The topological polar surface area (TPSA) is 3.24 Å². The van der Waals surface area contributed by atoms with Crippen molar-refractivity contribution in [3.05, 3.63) is 216 Å². The summed E-state index contributed by atoms with van der Waals surface area (Å²) >= 11 is 0. The molecule has 1 aliphatic carbocycles. The Labute approximate surface area is 274 Å². The molecule has 5 aromatic carbocycles. The summed E-state index contributed by atoms with van der Waals surface area (Å²) in [4.78, 5) is 2.31. The monoisotopic (exact) mass is 593 g/mol. The van der Waals surface area contributed by atoms with Crippen molar-refractivity contribution in [2.75, 3.05) is 4.90 Å². The Morgan fingerprint density at radius 2 is 1.30 bits per heavy atom. The van der Waals surface area contributed by atoms with Crippen molar-refractivity contribution >= 4 is 23.5 Å². The maximum atomic E-state index is 4.31. The summed E-state index contributed by atoms with van der Waals surface area (Å²) in [5.41, 5.74) is 12.4. The number of rotatable bonds is 10. The molecule has 6 rings (SSSR count). The fourth-order valence-electron chi connectivity index (χ4n) is 6.86. The van der Waals surface area contributed by atoms with Crippen LogP contribution in [-0.4, -0.2) is 0 Å². The van der Waals surface area contributed by atoms with E-state index in [2.05, 4.69) is 190 Å². The van der Waals surface area contributed by atoms with Gasteiger partial charge >= 0.3 is 0 Å². The number of allylic oxidation sites excluding steroid dienone is 7. The number of hydrogen-bond donors (Lipinski definition) is 0. The van der Waals surface area contributed by atoms with Gasteiger partial charge in [-0.25, -0.2) is 0 Å². The predicted molar refractivity (Wildman–Crippen MR) is 199 cm³/mol. The molecule has 0 saturated carbocycles. The molecule has 0 N–H and O–H groups in total. The lowest BCUT2D eigenvalue weighted by atomic mass is 9.67. The van der Waals surface area contributed by atoms with Gasteiger partial charge in [0.05, 0.1) is 5.41 Å². The van der Waals surface area contributed by atoms with Crippen LogP contribution in [0.5, 0.6) is 0 Å². The second-order valence-corrected chi connectivity index (χ2v) is 11.3. The number of nitrogens with zero attached hydrogens (tertiary/aromatic N) is 1. The number of hydrogen-bond acceptors (Lipinski definition) is 1. The first kappa shape index (κ1) is 30.4. The minimum atomic E-state index is -0.479. The minimum absolute atomic E-state index is 0.479. The van der Waals surface area contributed by atoms with E-state index in [1.807, 2.05) is 12.2 Å². The fraction of sp³-hybridized carbons (Fsp3) is 0.0667. The first-order chi connectivity index (χ1) is 22.7. The van der Waals surface area contributed by atoms with Gasteiger partial charge in [0, 0.05) is 17.1 Å². The molecule has 1 nitrogen and oxygen atoms in total. The predicted octanol–water partition coefficient (Wildman–Crippen LogP) is 12.1. The maximum Gasteiger partial charge on any atom is 0.0711 e. The SMILES string of the molecule is C=C/C=C\c1ccccc1/C=C(\C=C)N(c1ccccc1)c1ccc2c(c1)C(C(/C=C\C)=C/C)(c1ccccc1)c1ccccc1-2. The van der Waals surface area contributed by atoms with Gasteiger partial charge in [-0.05, 0) is 94.8 Å². The van der Waals surface area contributed by atoms with E-state index in [0.717, 1.165) is 28.2 Å². The zero-order valence-corrected chi connectivity index (χ0v) is 26.6. The third kappa shape index (κ3) is 5.31. The molecular weight excluding hydrogens is 555 g/mol. The van der Waals surface area contributed by atoms with E-state index in [1.165, 1.54) is 33.4 Å². The van der Waals surface area contributed by atoms with Gasteiger partial charge in [0.25, 0.3) is 0 Å². The molecule has 0 radical (unpaired) electrons. The molecular formula is C45H39N. The summed E-state index contributed by atoms with van der Waals surface area (Å²) in [5.74, 6) is 0. The lowest BCUT2D eigenvalue weighted by Crippen LogP contribution is -2.29. The highest BCUT2D eigenvalue weighted by atomic mass is 15.1. The average Bonchev–Trinajstić information content (AvgIpc) is 3.41. The summed E-state index contributed by atoms with van der Waals surface area (Å²) in [6.45, 7) is 12.4. The Morgan fingerprint density at radius 1 is 0.652 bits per heavy atom. The number of benzene rings is 5. The molecule has 1 aliphatic rings. The van der Waals surface area contributed by atoms with Crippen molar-refractivity contribution < 1.29 is 0 Å². The summed E-state index contributed by atoms with van der Waals surface area (Å²) < 4.78 is 0. The molecule has 0 saturated heterocycles. The van der Waals surface area contributed by atoms with E-state index in [1.54, 1.807) is 6.08 Å². The minimum Gasteiger partial charge on any atom is -0.310 e. The number of fused-ring (bicyclic) bond motifs is 3. The van der Waals surface area contributed by atoms with E-state index >= 15 is 0 Å². The van der Waals surface area contributed by atoms with Gasteiger partial charge < -0.3 is 4.90 Å². The highest BCUT2D eigenvalue weighted by molar-refractivity contribution is 5.89. The molecule has 1 unspecified atom stereocenters. The molecule has 1 heteroatoms. The van der Waals surface area contributed by atoms with E-state index < -0.39 is 5.41 Å². The van der Waals surface area contributed by atoms with Crippen LogP contribution in [0.3, 0.4) is 0 Å². The largest absolute Gasteiger partial charge is 0.310 e.